The first-order valence-electron chi connectivity index (χ1n) is 16.0. The second-order valence-electron chi connectivity index (χ2n) is 12.3. The Balaban J connectivity index is 1.52. The van der Waals surface area contributed by atoms with E-state index in [1.807, 2.05) is 66.3 Å². The third-order valence-electron chi connectivity index (χ3n) is 9.40. The molecule has 0 radical (unpaired) electrons. The molecule has 238 valence electrons. The quantitative estimate of drug-likeness (QED) is 0.180. The van der Waals surface area contributed by atoms with Crippen LogP contribution < -0.4 is 5.32 Å². The highest BCUT2D eigenvalue weighted by atomic mass is 19.1. The van der Waals surface area contributed by atoms with Gasteiger partial charge < -0.3 is 10.2 Å². The number of rotatable bonds is 7. The molecule has 1 aliphatic heterocycles. The van der Waals surface area contributed by atoms with Gasteiger partial charge in [-0.25, -0.2) is 13.5 Å². The van der Waals surface area contributed by atoms with Crippen LogP contribution in [0.3, 0.4) is 0 Å². The number of likely N-dealkylation sites (tertiary alicyclic amines) is 1. The molecule has 1 fully saturated rings. The van der Waals surface area contributed by atoms with E-state index in [0.29, 0.717) is 29.6 Å². The average Bonchev–Trinajstić information content (AvgIpc) is 3.48. The number of carbonyl (C=O) groups excluding carboxylic acids is 1. The van der Waals surface area contributed by atoms with Crippen molar-refractivity contribution in [2.75, 3.05) is 25.5 Å². The van der Waals surface area contributed by atoms with Crippen LogP contribution in [0, 0.1) is 28.9 Å². The van der Waals surface area contributed by atoms with E-state index in [1.54, 1.807) is 24.3 Å². The summed E-state index contributed by atoms with van der Waals surface area (Å²) >= 11 is 0. The molecule has 2 heterocycles. The summed E-state index contributed by atoms with van der Waals surface area (Å²) in [5.74, 6) is -1.78. The van der Waals surface area contributed by atoms with Gasteiger partial charge in [-0.3, -0.25) is 4.79 Å². The van der Waals surface area contributed by atoms with E-state index in [0.717, 1.165) is 41.9 Å². The largest absolute Gasteiger partial charge is 0.308 e. The molecular formula is C40H33F2N5O. The number of benzene rings is 5. The number of hydrogen-bond donors (Lipinski definition) is 1. The molecule has 5 aromatic carbocycles. The maximum absolute atomic E-state index is 15.5. The van der Waals surface area contributed by atoms with Crippen molar-refractivity contribution in [2.45, 2.75) is 18.4 Å². The number of halogens is 2. The minimum Gasteiger partial charge on any atom is -0.308 e. The van der Waals surface area contributed by atoms with Crippen LogP contribution in [0.4, 0.5) is 14.6 Å². The number of piperidine rings is 1. The van der Waals surface area contributed by atoms with Gasteiger partial charge in [0.2, 0.25) is 5.91 Å². The lowest BCUT2D eigenvalue weighted by atomic mass is 9.77. The fourth-order valence-corrected chi connectivity index (χ4v) is 6.92. The summed E-state index contributed by atoms with van der Waals surface area (Å²) in [6, 6.07) is 39.2. The van der Waals surface area contributed by atoms with Crippen molar-refractivity contribution in [3.63, 3.8) is 0 Å². The van der Waals surface area contributed by atoms with Gasteiger partial charge in [0.15, 0.2) is 11.6 Å². The summed E-state index contributed by atoms with van der Waals surface area (Å²) in [5, 5.41) is 18.3. The number of anilines is 1. The zero-order valence-electron chi connectivity index (χ0n) is 26.4. The number of carbonyl (C=O) groups is 1. The van der Waals surface area contributed by atoms with Crippen LogP contribution in [-0.4, -0.2) is 40.7 Å². The number of amides is 1. The van der Waals surface area contributed by atoms with Crippen LogP contribution >= 0.6 is 0 Å². The maximum atomic E-state index is 15.5. The van der Waals surface area contributed by atoms with E-state index in [9.17, 15) is 10.1 Å². The summed E-state index contributed by atoms with van der Waals surface area (Å²) in [6.07, 6.45) is 1.43. The van der Waals surface area contributed by atoms with Gasteiger partial charge in [-0.05, 0) is 79.5 Å². The van der Waals surface area contributed by atoms with E-state index >= 15 is 8.78 Å². The van der Waals surface area contributed by atoms with E-state index in [-0.39, 0.29) is 28.5 Å². The van der Waals surface area contributed by atoms with Crippen molar-refractivity contribution in [1.29, 1.82) is 5.26 Å². The van der Waals surface area contributed by atoms with E-state index < -0.39 is 17.2 Å². The van der Waals surface area contributed by atoms with Crippen LogP contribution in [0.25, 0.3) is 22.0 Å². The van der Waals surface area contributed by atoms with Crippen LogP contribution in [0.15, 0.2) is 121 Å². The van der Waals surface area contributed by atoms with Gasteiger partial charge in [-0.15, -0.1) is 0 Å². The van der Waals surface area contributed by atoms with Gasteiger partial charge in [-0.1, -0.05) is 97.1 Å². The summed E-state index contributed by atoms with van der Waals surface area (Å²) in [4.78, 5) is 16.0. The molecule has 7 rings (SSSR count). The van der Waals surface area contributed by atoms with Crippen LogP contribution in [-0.2, 0) is 10.3 Å². The first kappa shape index (κ1) is 31.0. The van der Waals surface area contributed by atoms with Gasteiger partial charge in [0.25, 0.3) is 0 Å². The van der Waals surface area contributed by atoms with Crippen molar-refractivity contribution < 1.29 is 13.6 Å². The minimum absolute atomic E-state index is 0.145. The normalized spacial score (nSPS) is 14.1. The number of nitrogens with zero attached hydrogens (tertiary/aromatic N) is 4. The highest BCUT2D eigenvalue weighted by Crippen LogP contribution is 2.44. The summed E-state index contributed by atoms with van der Waals surface area (Å²) < 4.78 is 32.7. The molecule has 1 aromatic heterocycles. The Hall–Kier alpha value is -5.65. The maximum Gasteiger partial charge on any atom is 0.228 e. The number of nitrogens with one attached hydrogen (secondary N) is 1. The molecule has 1 aliphatic rings. The Morgan fingerprint density at radius 3 is 1.94 bits per heavy atom. The molecule has 0 unspecified atom stereocenters. The molecule has 0 bridgehead atoms. The van der Waals surface area contributed by atoms with E-state index in [2.05, 4.69) is 46.6 Å². The fourth-order valence-electron chi connectivity index (χ4n) is 6.92. The van der Waals surface area contributed by atoms with Crippen LogP contribution in [0.1, 0.15) is 35.1 Å². The lowest BCUT2D eigenvalue weighted by Crippen LogP contribution is -2.39. The van der Waals surface area contributed by atoms with Gasteiger partial charge in [-0.2, -0.15) is 10.4 Å². The molecule has 0 spiro atoms. The predicted molar refractivity (Wildman–Crippen MR) is 183 cm³/mol. The molecule has 1 amide bonds. The predicted octanol–water partition coefficient (Wildman–Crippen LogP) is 7.97. The first-order chi connectivity index (χ1) is 23.4. The second kappa shape index (κ2) is 12.9. The van der Waals surface area contributed by atoms with Crippen molar-refractivity contribution in [3.05, 3.63) is 155 Å². The van der Waals surface area contributed by atoms with Crippen molar-refractivity contribution in [1.82, 2.24) is 14.7 Å². The topological polar surface area (TPSA) is 74.0 Å². The molecule has 0 saturated carbocycles. The molecule has 0 atom stereocenters. The van der Waals surface area contributed by atoms with Gasteiger partial charge in [0.05, 0.1) is 16.6 Å². The Morgan fingerprint density at radius 1 is 0.833 bits per heavy atom. The standard InChI is InChI=1S/C40H33F2N5O/c1-46-23-21-27(22-24-46)39(48)44-38-33-25-28(36-34(41)19-17-29(26-43)37(36)42)18-20-35(33)47(45-38)40(30-11-5-2-6-12-30,31-13-7-3-8-14-31)32-15-9-4-10-16-32/h2-20,25,27H,21-24H2,1H3,(H,44,45,48). The summed E-state index contributed by atoms with van der Waals surface area (Å²) in [6.45, 7) is 1.62. The first-order valence-corrected chi connectivity index (χ1v) is 16.0. The number of hydrogen-bond acceptors (Lipinski definition) is 4. The highest BCUT2D eigenvalue weighted by Gasteiger charge is 2.41. The summed E-state index contributed by atoms with van der Waals surface area (Å²) in [7, 11) is 2.04. The van der Waals surface area contributed by atoms with Crippen molar-refractivity contribution in [3.8, 4) is 17.2 Å². The average molecular weight is 638 g/mol. The molecule has 6 aromatic rings. The minimum atomic E-state index is -1.00. The Bertz CT molecular complexity index is 2040. The Kier molecular flexibility index (Phi) is 8.30. The van der Waals surface area contributed by atoms with Crippen LogP contribution in [0.5, 0.6) is 0 Å². The number of fused-ring (bicyclic) bond motifs is 1. The zero-order chi connectivity index (χ0) is 33.3. The lowest BCUT2D eigenvalue weighted by molar-refractivity contribution is -0.121. The highest BCUT2D eigenvalue weighted by molar-refractivity contribution is 6.02. The molecule has 1 N–H and O–H groups in total. The molecule has 0 aliphatic carbocycles. The third kappa shape index (κ3) is 5.32. The van der Waals surface area contributed by atoms with Gasteiger partial charge >= 0.3 is 0 Å². The smallest absolute Gasteiger partial charge is 0.228 e. The van der Waals surface area contributed by atoms with Crippen molar-refractivity contribution in [2.24, 2.45) is 5.92 Å². The number of nitriles is 1. The van der Waals surface area contributed by atoms with Crippen LogP contribution in [0.2, 0.25) is 0 Å². The Labute approximate surface area is 277 Å². The van der Waals surface area contributed by atoms with E-state index in [4.69, 9.17) is 5.10 Å². The monoisotopic (exact) mass is 637 g/mol. The van der Waals surface area contributed by atoms with Crippen molar-refractivity contribution >= 4 is 22.6 Å². The zero-order valence-corrected chi connectivity index (χ0v) is 26.4. The fraction of sp³-hybridized carbons (Fsp3) is 0.175. The Morgan fingerprint density at radius 2 is 1.40 bits per heavy atom. The van der Waals surface area contributed by atoms with Gasteiger partial charge in [0.1, 0.15) is 17.4 Å². The molecule has 1 saturated heterocycles. The molecule has 48 heavy (non-hydrogen) atoms. The third-order valence-corrected chi connectivity index (χ3v) is 9.40. The van der Waals surface area contributed by atoms with E-state index in [1.165, 1.54) is 0 Å². The molecule has 6 nitrogen and oxygen atoms in total. The van der Waals surface area contributed by atoms with Gasteiger partial charge in [0, 0.05) is 11.3 Å². The molecular weight excluding hydrogens is 604 g/mol. The second-order valence-corrected chi connectivity index (χ2v) is 12.3. The summed E-state index contributed by atoms with van der Waals surface area (Å²) in [5.41, 5.74) is 2.11. The lowest BCUT2D eigenvalue weighted by Gasteiger charge is -2.37. The SMILES string of the molecule is CN1CCC(C(=O)Nc2nn(C(c3ccccc3)(c3ccccc3)c3ccccc3)c3ccc(-c4c(F)ccc(C#N)c4F)cc23)CC1. The number of aromatic nitrogens is 2. The molecule has 8 heteroatoms.